The smallest absolute Gasteiger partial charge is 0.167 e. The van der Waals surface area contributed by atoms with E-state index in [1.807, 2.05) is 24.3 Å². The number of halogens is 1. The first-order valence-electron chi connectivity index (χ1n) is 8.34. The Morgan fingerprint density at radius 1 is 1.19 bits per heavy atom. The van der Waals surface area contributed by atoms with Crippen LogP contribution < -0.4 is 21.5 Å². The lowest BCUT2D eigenvalue weighted by atomic mass is 10.1. The van der Waals surface area contributed by atoms with Gasteiger partial charge in [-0.15, -0.1) is 0 Å². The monoisotopic (exact) mass is 356 g/mol. The van der Waals surface area contributed by atoms with Crippen molar-refractivity contribution < 1.29 is 14.3 Å². The zero-order valence-electron chi connectivity index (χ0n) is 14.2. The number of carbonyl (C=O) groups excluding carboxylic acids is 1. The van der Waals surface area contributed by atoms with Crippen molar-refractivity contribution in [3.8, 4) is 5.75 Å². The van der Waals surface area contributed by atoms with Crippen LogP contribution in [0.4, 0.5) is 15.8 Å². The van der Waals surface area contributed by atoms with Gasteiger partial charge in [0.1, 0.15) is 0 Å². The second-order valence-corrected chi connectivity index (χ2v) is 6.22. The van der Waals surface area contributed by atoms with E-state index in [1.165, 1.54) is 25.1 Å². The molecule has 1 fully saturated rings. The van der Waals surface area contributed by atoms with Gasteiger partial charge < -0.3 is 15.7 Å². The van der Waals surface area contributed by atoms with E-state index < -0.39 is 11.6 Å². The third kappa shape index (κ3) is 3.62. The molecule has 0 radical (unpaired) electrons. The Morgan fingerprint density at radius 3 is 2.46 bits per heavy atom. The molecule has 0 atom stereocenters. The third-order valence-electron chi connectivity index (χ3n) is 4.45. The number of aldehydes is 1. The zero-order chi connectivity index (χ0) is 18.7. The largest absolute Gasteiger partial charge is 0.504 e. The predicted molar refractivity (Wildman–Crippen MR) is 100 cm³/mol. The maximum absolute atomic E-state index is 13.7. The van der Waals surface area contributed by atoms with Gasteiger partial charge in [0.15, 0.2) is 17.9 Å². The van der Waals surface area contributed by atoms with E-state index in [-0.39, 0.29) is 11.3 Å². The Bertz CT molecular complexity index is 830. The number of nitrogens with two attached hydrogens (primary N) is 2. The van der Waals surface area contributed by atoms with Crippen LogP contribution in [0.15, 0.2) is 42.6 Å². The molecule has 0 saturated carbocycles. The summed E-state index contributed by atoms with van der Waals surface area (Å²) in [5, 5.41) is 10.6. The fraction of sp³-hybridized carbons (Fsp3) is 0.211. The Balaban J connectivity index is 1.80. The average Bonchev–Trinajstić information content (AvgIpc) is 3.18. The molecule has 7 heteroatoms. The van der Waals surface area contributed by atoms with E-state index in [0.29, 0.717) is 12.0 Å². The van der Waals surface area contributed by atoms with Gasteiger partial charge in [-0.25, -0.2) is 10.2 Å². The topological polar surface area (TPSA) is 95.8 Å². The van der Waals surface area contributed by atoms with Crippen LogP contribution in [0, 0.1) is 5.82 Å². The van der Waals surface area contributed by atoms with Gasteiger partial charge in [0.2, 0.25) is 0 Å². The molecule has 26 heavy (non-hydrogen) atoms. The second kappa shape index (κ2) is 7.45. The number of carbonyl (C=O) groups is 1. The van der Waals surface area contributed by atoms with Crippen molar-refractivity contribution in [3.05, 3.63) is 59.5 Å². The zero-order valence-corrected chi connectivity index (χ0v) is 14.2. The van der Waals surface area contributed by atoms with Crippen molar-refractivity contribution >= 4 is 23.4 Å². The highest BCUT2D eigenvalue weighted by Crippen LogP contribution is 2.27. The quantitative estimate of drug-likeness (QED) is 0.433. The number of hydrogen-bond acceptors (Lipinski definition) is 6. The first kappa shape index (κ1) is 17.8. The van der Waals surface area contributed by atoms with Crippen LogP contribution in [0.25, 0.3) is 5.70 Å². The molecule has 0 unspecified atom stereocenters. The fourth-order valence-corrected chi connectivity index (χ4v) is 2.98. The number of rotatable bonds is 5. The molecule has 2 aromatic rings. The number of phenolic OH excluding ortho intramolecular Hbond substituents is 1. The lowest BCUT2D eigenvalue weighted by molar-refractivity contribution is 0.112. The Kier molecular flexibility index (Phi) is 5.09. The summed E-state index contributed by atoms with van der Waals surface area (Å²) in [6, 6.07) is 10.1. The summed E-state index contributed by atoms with van der Waals surface area (Å²) in [4.78, 5) is 13.2. The summed E-state index contributed by atoms with van der Waals surface area (Å²) in [6.45, 7) is 2.12. The first-order valence-corrected chi connectivity index (χ1v) is 8.34. The van der Waals surface area contributed by atoms with E-state index >= 15 is 0 Å². The Hall–Kier alpha value is -3.06. The molecule has 6 nitrogen and oxygen atoms in total. The number of benzene rings is 2. The van der Waals surface area contributed by atoms with Crippen LogP contribution in [-0.4, -0.2) is 24.5 Å². The SMILES string of the molecule is N/C(=C\N(N)c1cc(F)c(O)c(C=O)c1)c1ccc(N2CCCC2)cc1. The number of anilines is 2. The fourth-order valence-electron chi connectivity index (χ4n) is 2.98. The molecule has 0 amide bonds. The molecule has 0 bridgehead atoms. The van der Waals surface area contributed by atoms with Gasteiger partial charge >= 0.3 is 0 Å². The molecule has 0 spiro atoms. The molecule has 3 rings (SSSR count). The molecule has 5 N–H and O–H groups in total. The summed E-state index contributed by atoms with van der Waals surface area (Å²) < 4.78 is 13.7. The summed E-state index contributed by atoms with van der Waals surface area (Å²) >= 11 is 0. The van der Waals surface area contributed by atoms with E-state index in [2.05, 4.69) is 4.90 Å². The van der Waals surface area contributed by atoms with Crippen LogP contribution in [0.3, 0.4) is 0 Å². The number of phenols is 1. The summed E-state index contributed by atoms with van der Waals surface area (Å²) in [7, 11) is 0. The molecular formula is C19H21FN4O2. The minimum absolute atomic E-state index is 0.183. The van der Waals surface area contributed by atoms with Crippen molar-refractivity contribution in [2.75, 3.05) is 23.0 Å². The second-order valence-electron chi connectivity index (χ2n) is 6.22. The maximum Gasteiger partial charge on any atom is 0.167 e. The Labute approximate surface area is 151 Å². The van der Waals surface area contributed by atoms with Gasteiger partial charge in [0.05, 0.1) is 16.9 Å². The van der Waals surface area contributed by atoms with Gasteiger partial charge in [-0.05, 0) is 36.6 Å². The molecule has 1 aliphatic rings. The van der Waals surface area contributed by atoms with Crippen molar-refractivity contribution in [2.24, 2.45) is 11.6 Å². The van der Waals surface area contributed by atoms with E-state index in [0.717, 1.165) is 35.4 Å². The Morgan fingerprint density at radius 2 is 1.85 bits per heavy atom. The minimum atomic E-state index is -0.929. The normalized spacial score (nSPS) is 14.5. The van der Waals surface area contributed by atoms with E-state index in [1.54, 1.807) is 0 Å². The average molecular weight is 356 g/mol. The predicted octanol–water partition coefficient (Wildman–Crippen LogP) is 2.58. The van der Waals surface area contributed by atoms with Gasteiger partial charge in [-0.3, -0.25) is 9.80 Å². The van der Waals surface area contributed by atoms with Crippen molar-refractivity contribution in [1.29, 1.82) is 0 Å². The summed E-state index contributed by atoms with van der Waals surface area (Å²) in [6.07, 6.45) is 4.21. The van der Waals surface area contributed by atoms with Crippen LogP contribution in [0.2, 0.25) is 0 Å². The molecule has 0 aromatic heterocycles. The third-order valence-corrected chi connectivity index (χ3v) is 4.45. The van der Waals surface area contributed by atoms with E-state index in [9.17, 15) is 14.3 Å². The maximum atomic E-state index is 13.7. The molecule has 1 aliphatic heterocycles. The minimum Gasteiger partial charge on any atom is -0.504 e. The highest BCUT2D eigenvalue weighted by molar-refractivity contribution is 5.82. The number of aromatic hydroxyl groups is 1. The van der Waals surface area contributed by atoms with Crippen LogP contribution in [-0.2, 0) is 0 Å². The molecule has 0 aliphatic carbocycles. The first-order chi connectivity index (χ1) is 12.5. The van der Waals surface area contributed by atoms with Gasteiger partial charge in [-0.2, -0.15) is 0 Å². The highest BCUT2D eigenvalue weighted by Gasteiger charge is 2.13. The number of nitrogens with zero attached hydrogens (tertiary/aromatic N) is 2. The standard InChI is InChI=1S/C19H21FN4O2/c20-17-10-16(9-14(12-25)19(17)26)24(22)11-18(21)13-3-5-15(6-4-13)23-7-1-2-8-23/h3-6,9-12,26H,1-2,7-8,21-22H2/b18-11-. The molecule has 1 saturated heterocycles. The van der Waals surface area contributed by atoms with Gasteiger partial charge in [0.25, 0.3) is 0 Å². The summed E-state index contributed by atoms with van der Waals surface area (Å²) in [5.74, 6) is 4.28. The molecule has 1 heterocycles. The molecular weight excluding hydrogens is 335 g/mol. The van der Waals surface area contributed by atoms with Crippen LogP contribution in [0.5, 0.6) is 5.75 Å². The molecule has 2 aromatic carbocycles. The van der Waals surface area contributed by atoms with E-state index in [4.69, 9.17) is 11.6 Å². The van der Waals surface area contributed by atoms with Gasteiger partial charge in [0, 0.05) is 31.0 Å². The number of hydrogen-bond donors (Lipinski definition) is 3. The summed E-state index contributed by atoms with van der Waals surface area (Å²) in [5.41, 5.74) is 8.42. The van der Waals surface area contributed by atoms with Crippen molar-refractivity contribution in [1.82, 2.24) is 0 Å². The highest BCUT2D eigenvalue weighted by atomic mass is 19.1. The number of hydrazine groups is 1. The van der Waals surface area contributed by atoms with Gasteiger partial charge in [-0.1, -0.05) is 12.1 Å². The van der Waals surface area contributed by atoms with Crippen LogP contribution >= 0.6 is 0 Å². The lowest BCUT2D eigenvalue weighted by Crippen LogP contribution is -2.26. The lowest BCUT2D eigenvalue weighted by Gasteiger charge is -2.19. The van der Waals surface area contributed by atoms with Crippen LogP contribution in [0.1, 0.15) is 28.8 Å². The van der Waals surface area contributed by atoms with Crippen molar-refractivity contribution in [2.45, 2.75) is 12.8 Å². The van der Waals surface area contributed by atoms with Crippen molar-refractivity contribution in [3.63, 3.8) is 0 Å². The molecule has 136 valence electrons.